The fourth-order valence-corrected chi connectivity index (χ4v) is 2.38. The van der Waals surface area contributed by atoms with Gasteiger partial charge in [0.2, 0.25) is 0 Å². The van der Waals surface area contributed by atoms with E-state index in [2.05, 4.69) is 46.6 Å². The van der Waals surface area contributed by atoms with Crippen LogP contribution in [0.25, 0.3) is 0 Å². The number of fused-ring (bicyclic) bond motifs is 1. The van der Waals surface area contributed by atoms with Crippen LogP contribution in [0.4, 0.5) is 11.4 Å². The molecule has 0 saturated heterocycles. The number of aryl methyl sites for hydroxylation is 1. The molecule has 1 aromatic heterocycles. The second-order valence-electron chi connectivity index (χ2n) is 4.81. The number of nitrogens with zero attached hydrogens (tertiary/aromatic N) is 2. The number of hydrogen-bond acceptors (Lipinski definition) is 4. The minimum atomic E-state index is 0.435. The predicted octanol–water partition coefficient (Wildman–Crippen LogP) is 2.80. The zero-order valence-corrected chi connectivity index (χ0v) is 10.7. The van der Waals surface area contributed by atoms with Crippen molar-refractivity contribution in [1.29, 1.82) is 0 Å². The second kappa shape index (κ2) is 4.37. The van der Waals surface area contributed by atoms with E-state index in [1.54, 1.807) is 0 Å². The number of nitrogens with one attached hydrogen (secondary N) is 1. The number of anilines is 2. The van der Waals surface area contributed by atoms with Crippen LogP contribution in [-0.4, -0.2) is 17.7 Å². The molecule has 94 valence electrons. The average molecular weight is 243 g/mol. The SMILES string of the molecule is Cc1cc(CN2c3ccccc3NCC2C)on1. The van der Waals surface area contributed by atoms with Crippen molar-refractivity contribution >= 4 is 11.4 Å². The summed E-state index contributed by atoms with van der Waals surface area (Å²) in [5.74, 6) is 0.913. The normalized spacial score (nSPS) is 18.3. The molecule has 1 aromatic carbocycles. The minimum Gasteiger partial charge on any atom is -0.381 e. The smallest absolute Gasteiger partial charge is 0.156 e. The Morgan fingerprint density at radius 1 is 1.44 bits per heavy atom. The fourth-order valence-electron chi connectivity index (χ4n) is 2.38. The van der Waals surface area contributed by atoms with E-state index in [0.29, 0.717) is 6.04 Å². The third kappa shape index (κ3) is 1.94. The van der Waals surface area contributed by atoms with E-state index in [4.69, 9.17) is 4.52 Å². The lowest BCUT2D eigenvalue weighted by Gasteiger charge is -2.37. The summed E-state index contributed by atoms with van der Waals surface area (Å²) in [6, 6.07) is 10.8. The van der Waals surface area contributed by atoms with Crippen LogP contribution in [0.5, 0.6) is 0 Å². The maximum atomic E-state index is 5.32. The molecule has 2 heterocycles. The summed E-state index contributed by atoms with van der Waals surface area (Å²) in [4.78, 5) is 2.35. The van der Waals surface area contributed by atoms with E-state index in [1.807, 2.05) is 13.0 Å². The third-order valence-electron chi connectivity index (χ3n) is 3.34. The average Bonchev–Trinajstić information content (AvgIpc) is 2.79. The maximum Gasteiger partial charge on any atom is 0.156 e. The van der Waals surface area contributed by atoms with Crippen molar-refractivity contribution in [3.05, 3.63) is 41.8 Å². The standard InChI is InChI=1S/C14H17N3O/c1-10-7-12(18-16-10)9-17-11(2)8-15-13-5-3-4-6-14(13)17/h3-7,11,15H,8-9H2,1-2H3. The molecule has 0 bridgehead atoms. The Morgan fingerprint density at radius 3 is 3.06 bits per heavy atom. The van der Waals surface area contributed by atoms with Crippen LogP contribution in [0.15, 0.2) is 34.9 Å². The van der Waals surface area contributed by atoms with Crippen molar-refractivity contribution < 1.29 is 4.52 Å². The minimum absolute atomic E-state index is 0.435. The molecule has 0 fully saturated rings. The number of rotatable bonds is 2. The molecule has 1 atom stereocenters. The topological polar surface area (TPSA) is 41.3 Å². The van der Waals surface area contributed by atoms with Gasteiger partial charge in [-0.05, 0) is 26.0 Å². The van der Waals surface area contributed by atoms with Gasteiger partial charge < -0.3 is 14.7 Å². The first-order chi connectivity index (χ1) is 8.74. The van der Waals surface area contributed by atoms with Crippen LogP contribution in [0.1, 0.15) is 18.4 Å². The lowest BCUT2D eigenvalue weighted by atomic mass is 10.1. The summed E-state index contributed by atoms with van der Waals surface area (Å²) in [5, 5.41) is 7.39. The number of hydrogen-bond donors (Lipinski definition) is 1. The molecule has 0 radical (unpaired) electrons. The van der Waals surface area contributed by atoms with Gasteiger partial charge in [-0.1, -0.05) is 17.3 Å². The van der Waals surface area contributed by atoms with Gasteiger partial charge in [-0.2, -0.15) is 0 Å². The predicted molar refractivity (Wildman–Crippen MR) is 71.8 cm³/mol. The molecule has 0 aliphatic carbocycles. The first kappa shape index (κ1) is 11.1. The Labute approximate surface area is 107 Å². The quantitative estimate of drug-likeness (QED) is 0.880. The van der Waals surface area contributed by atoms with Gasteiger partial charge in [-0.3, -0.25) is 0 Å². The molecule has 0 spiro atoms. The Hall–Kier alpha value is -1.97. The van der Waals surface area contributed by atoms with Crippen molar-refractivity contribution in [2.75, 3.05) is 16.8 Å². The lowest BCUT2D eigenvalue weighted by Crippen LogP contribution is -2.41. The van der Waals surface area contributed by atoms with Crippen LogP contribution >= 0.6 is 0 Å². The van der Waals surface area contributed by atoms with E-state index >= 15 is 0 Å². The molecule has 0 amide bonds. The van der Waals surface area contributed by atoms with Crippen molar-refractivity contribution in [1.82, 2.24) is 5.16 Å². The Bertz CT molecular complexity index is 549. The van der Waals surface area contributed by atoms with Crippen LogP contribution in [0.2, 0.25) is 0 Å². The van der Waals surface area contributed by atoms with Gasteiger partial charge in [-0.15, -0.1) is 0 Å². The van der Waals surface area contributed by atoms with Gasteiger partial charge in [0.15, 0.2) is 5.76 Å². The van der Waals surface area contributed by atoms with Crippen LogP contribution in [-0.2, 0) is 6.54 Å². The summed E-state index contributed by atoms with van der Waals surface area (Å²) in [5.41, 5.74) is 3.35. The molecule has 1 N–H and O–H groups in total. The summed E-state index contributed by atoms with van der Waals surface area (Å²) in [6.07, 6.45) is 0. The van der Waals surface area contributed by atoms with Gasteiger partial charge in [-0.25, -0.2) is 0 Å². The van der Waals surface area contributed by atoms with Crippen molar-refractivity contribution in [3.8, 4) is 0 Å². The number of benzene rings is 1. The van der Waals surface area contributed by atoms with E-state index in [-0.39, 0.29) is 0 Å². The second-order valence-corrected chi connectivity index (χ2v) is 4.81. The largest absolute Gasteiger partial charge is 0.381 e. The van der Waals surface area contributed by atoms with E-state index in [9.17, 15) is 0 Å². The molecular formula is C14H17N3O. The molecule has 18 heavy (non-hydrogen) atoms. The van der Waals surface area contributed by atoms with Gasteiger partial charge in [0.05, 0.1) is 23.6 Å². The fraction of sp³-hybridized carbons (Fsp3) is 0.357. The van der Waals surface area contributed by atoms with Gasteiger partial charge >= 0.3 is 0 Å². The molecule has 1 unspecified atom stereocenters. The summed E-state index contributed by atoms with van der Waals surface area (Å²) < 4.78 is 5.32. The highest BCUT2D eigenvalue weighted by atomic mass is 16.5. The van der Waals surface area contributed by atoms with E-state index in [0.717, 1.165) is 24.5 Å². The summed E-state index contributed by atoms with van der Waals surface area (Å²) in [6.45, 7) is 5.87. The molecule has 0 saturated carbocycles. The van der Waals surface area contributed by atoms with Crippen LogP contribution < -0.4 is 10.2 Å². The van der Waals surface area contributed by atoms with E-state index < -0.39 is 0 Å². The van der Waals surface area contributed by atoms with Crippen molar-refractivity contribution in [2.24, 2.45) is 0 Å². The highest BCUT2D eigenvalue weighted by molar-refractivity contribution is 5.72. The zero-order valence-electron chi connectivity index (χ0n) is 10.7. The zero-order chi connectivity index (χ0) is 12.5. The molecule has 3 rings (SSSR count). The lowest BCUT2D eigenvalue weighted by molar-refractivity contribution is 0.374. The molecule has 4 heteroatoms. The molecule has 2 aromatic rings. The molecular weight excluding hydrogens is 226 g/mol. The first-order valence-electron chi connectivity index (χ1n) is 6.26. The van der Waals surface area contributed by atoms with Crippen LogP contribution in [0.3, 0.4) is 0 Å². The maximum absolute atomic E-state index is 5.32. The molecule has 1 aliphatic heterocycles. The van der Waals surface area contributed by atoms with Crippen molar-refractivity contribution in [2.45, 2.75) is 26.4 Å². The molecule has 4 nitrogen and oxygen atoms in total. The highest BCUT2D eigenvalue weighted by Crippen LogP contribution is 2.32. The summed E-state index contributed by atoms with van der Waals surface area (Å²) in [7, 11) is 0. The van der Waals surface area contributed by atoms with Gasteiger partial charge in [0, 0.05) is 18.7 Å². The highest BCUT2D eigenvalue weighted by Gasteiger charge is 2.23. The number of aromatic nitrogens is 1. The third-order valence-corrected chi connectivity index (χ3v) is 3.34. The van der Waals surface area contributed by atoms with Crippen LogP contribution in [0, 0.1) is 6.92 Å². The van der Waals surface area contributed by atoms with Gasteiger partial charge in [0.1, 0.15) is 0 Å². The van der Waals surface area contributed by atoms with Gasteiger partial charge in [0.25, 0.3) is 0 Å². The Kier molecular flexibility index (Phi) is 2.70. The monoisotopic (exact) mass is 243 g/mol. The van der Waals surface area contributed by atoms with Crippen molar-refractivity contribution in [3.63, 3.8) is 0 Å². The Morgan fingerprint density at radius 2 is 2.28 bits per heavy atom. The first-order valence-corrected chi connectivity index (χ1v) is 6.26. The van der Waals surface area contributed by atoms with E-state index in [1.165, 1.54) is 11.4 Å². The Balaban J connectivity index is 1.91. The molecule has 1 aliphatic rings. The summed E-state index contributed by atoms with van der Waals surface area (Å²) >= 11 is 0. The number of para-hydroxylation sites is 2.